The Morgan fingerprint density at radius 1 is 0.935 bits per heavy atom. The predicted molar refractivity (Wildman–Crippen MR) is 125 cm³/mol. The van der Waals surface area contributed by atoms with E-state index >= 15 is 0 Å². The Morgan fingerprint density at radius 3 is 2.39 bits per heavy atom. The second-order valence-electron chi connectivity index (χ2n) is 8.46. The summed E-state index contributed by atoms with van der Waals surface area (Å²) in [5.41, 5.74) is 2.02. The zero-order chi connectivity index (χ0) is 21.6. The number of carbonyl (C=O) groups is 1. The van der Waals surface area contributed by atoms with E-state index in [0.717, 1.165) is 36.0 Å². The normalized spacial score (nSPS) is 16.0. The lowest BCUT2D eigenvalue weighted by Crippen LogP contribution is -2.51. The lowest BCUT2D eigenvalue weighted by molar-refractivity contribution is 0.0454. The van der Waals surface area contributed by atoms with Crippen LogP contribution in [0.4, 0.5) is 0 Å². The van der Waals surface area contributed by atoms with Crippen molar-refractivity contribution in [1.82, 2.24) is 14.7 Å². The molecule has 3 aromatic carbocycles. The molecule has 0 spiro atoms. The average Bonchev–Trinajstić information content (AvgIpc) is 2.79. The lowest BCUT2D eigenvalue weighted by Gasteiger charge is -2.36. The number of rotatable bonds is 7. The van der Waals surface area contributed by atoms with Gasteiger partial charge in [0, 0.05) is 51.4 Å². The molecule has 1 heterocycles. The van der Waals surface area contributed by atoms with Gasteiger partial charge in [0.2, 0.25) is 0 Å². The molecule has 1 fully saturated rings. The number of nitrogens with zero attached hydrogens (tertiary/aromatic N) is 3. The number of aliphatic hydroxyl groups excluding tert-OH is 1. The summed E-state index contributed by atoms with van der Waals surface area (Å²) in [6.45, 7) is 5.04. The molecule has 0 saturated carbocycles. The van der Waals surface area contributed by atoms with Crippen molar-refractivity contribution in [2.75, 3.05) is 46.3 Å². The van der Waals surface area contributed by atoms with Gasteiger partial charge < -0.3 is 10.0 Å². The van der Waals surface area contributed by atoms with Crippen LogP contribution in [0.5, 0.6) is 0 Å². The Balaban J connectivity index is 1.27. The molecule has 0 aliphatic carbocycles. The molecular weight excluding hydrogens is 386 g/mol. The van der Waals surface area contributed by atoms with Crippen molar-refractivity contribution >= 4 is 16.7 Å². The molecule has 0 unspecified atom stereocenters. The van der Waals surface area contributed by atoms with Gasteiger partial charge in [0.05, 0.1) is 6.10 Å². The maximum atomic E-state index is 13.1. The van der Waals surface area contributed by atoms with Gasteiger partial charge >= 0.3 is 0 Å². The quantitative estimate of drug-likeness (QED) is 0.642. The molecule has 1 amide bonds. The zero-order valence-electron chi connectivity index (χ0n) is 18.2. The van der Waals surface area contributed by atoms with Crippen molar-refractivity contribution in [1.29, 1.82) is 0 Å². The van der Waals surface area contributed by atoms with Crippen LogP contribution in [0, 0.1) is 0 Å². The third-order valence-corrected chi connectivity index (χ3v) is 5.97. The van der Waals surface area contributed by atoms with Crippen LogP contribution in [0.25, 0.3) is 10.8 Å². The molecule has 162 valence electrons. The fourth-order valence-electron chi connectivity index (χ4n) is 4.39. The minimum absolute atomic E-state index is 0.0968. The highest BCUT2D eigenvalue weighted by Crippen LogP contribution is 2.20. The van der Waals surface area contributed by atoms with Gasteiger partial charge in [-0.25, -0.2) is 0 Å². The Labute approximate surface area is 184 Å². The molecular formula is C26H31N3O2. The highest BCUT2D eigenvalue weighted by atomic mass is 16.3. The maximum absolute atomic E-state index is 13.1. The summed E-state index contributed by atoms with van der Waals surface area (Å²) in [7, 11) is 2.04. The van der Waals surface area contributed by atoms with Crippen molar-refractivity contribution in [2.24, 2.45) is 0 Å². The minimum atomic E-state index is -0.408. The van der Waals surface area contributed by atoms with Crippen molar-refractivity contribution in [2.45, 2.75) is 12.6 Å². The summed E-state index contributed by atoms with van der Waals surface area (Å²) in [5.74, 6) is 0.0968. The number of likely N-dealkylation sites (N-methyl/N-ethyl adjacent to an activating group) is 1. The Morgan fingerprint density at radius 2 is 1.61 bits per heavy atom. The third kappa shape index (κ3) is 5.50. The molecule has 4 rings (SSSR count). The first-order valence-electron chi connectivity index (χ1n) is 11.0. The molecule has 0 radical (unpaired) electrons. The number of β-amino-alcohol motifs (C(OH)–C–C–N with tert-alkyl or cyclic N) is 1. The third-order valence-electron chi connectivity index (χ3n) is 5.97. The second-order valence-corrected chi connectivity index (χ2v) is 8.46. The smallest absolute Gasteiger partial charge is 0.254 e. The fraction of sp³-hybridized carbons (Fsp3) is 0.346. The largest absolute Gasteiger partial charge is 0.390 e. The van der Waals surface area contributed by atoms with Gasteiger partial charge in [-0.15, -0.1) is 0 Å². The molecule has 1 aliphatic heterocycles. The highest BCUT2D eigenvalue weighted by molar-refractivity contribution is 6.07. The van der Waals surface area contributed by atoms with Crippen molar-refractivity contribution in [3.63, 3.8) is 0 Å². The molecule has 5 nitrogen and oxygen atoms in total. The van der Waals surface area contributed by atoms with E-state index in [4.69, 9.17) is 0 Å². The van der Waals surface area contributed by atoms with Crippen LogP contribution in [-0.2, 0) is 6.54 Å². The predicted octanol–water partition coefficient (Wildman–Crippen LogP) is 3.09. The van der Waals surface area contributed by atoms with Crippen molar-refractivity contribution < 1.29 is 9.90 Å². The van der Waals surface area contributed by atoms with Crippen LogP contribution in [0.15, 0.2) is 72.8 Å². The van der Waals surface area contributed by atoms with Crippen LogP contribution in [-0.4, -0.2) is 78.1 Å². The van der Waals surface area contributed by atoms with Crippen LogP contribution < -0.4 is 0 Å². The number of hydrogen-bond acceptors (Lipinski definition) is 4. The monoisotopic (exact) mass is 417 g/mol. The van der Waals surface area contributed by atoms with E-state index in [0.29, 0.717) is 26.2 Å². The molecule has 5 heteroatoms. The summed E-state index contributed by atoms with van der Waals surface area (Å²) >= 11 is 0. The summed E-state index contributed by atoms with van der Waals surface area (Å²) in [6, 6.07) is 24.3. The van der Waals surface area contributed by atoms with Gasteiger partial charge in [0.25, 0.3) is 5.91 Å². The molecule has 0 aromatic heterocycles. The molecule has 31 heavy (non-hydrogen) atoms. The first kappa shape index (κ1) is 21.5. The summed E-state index contributed by atoms with van der Waals surface area (Å²) in [6.07, 6.45) is -0.408. The summed E-state index contributed by atoms with van der Waals surface area (Å²) in [5, 5.41) is 12.7. The van der Waals surface area contributed by atoms with E-state index < -0.39 is 6.10 Å². The number of piperazine rings is 1. The number of hydrogen-bond donors (Lipinski definition) is 1. The van der Waals surface area contributed by atoms with E-state index in [-0.39, 0.29) is 5.91 Å². The van der Waals surface area contributed by atoms with Crippen LogP contribution in [0.3, 0.4) is 0 Å². The molecule has 1 atom stereocenters. The minimum Gasteiger partial charge on any atom is -0.390 e. The lowest BCUT2D eigenvalue weighted by atomic mass is 10.0. The van der Waals surface area contributed by atoms with Gasteiger partial charge in [-0.2, -0.15) is 0 Å². The van der Waals surface area contributed by atoms with Crippen LogP contribution in [0.2, 0.25) is 0 Å². The zero-order valence-corrected chi connectivity index (χ0v) is 18.2. The summed E-state index contributed by atoms with van der Waals surface area (Å²) in [4.78, 5) is 19.5. The number of carbonyl (C=O) groups excluding carboxylic acids is 1. The van der Waals surface area contributed by atoms with Gasteiger partial charge in [0.15, 0.2) is 0 Å². The Kier molecular flexibility index (Phi) is 6.97. The maximum Gasteiger partial charge on any atom is 0.254 e. The van der Waals surface area contributed by atoms with E-state index in [2.05, 4.69) is 21.9 Å². The van der Waals surface area contributed by atoms with E-state index in [9.17, 15) is 9.90 Å². The molecule has 1 N–H and O–H groups in total. The van der Waals surface area contributed by atoms with Crippen molar-refractivity contribution in [3.05, 3.63) is 83.9 Å². The van der Waals surface area contributed by atoms with Crippen molar-refractivity contribution in [3.8, 4) is 0 Å². The molecule has 3 aromatic rings. The molecule has 1 aliphatic rings. The van der Waals surface area contributed by atoms with E-state index in [1.807, 2.05) is 72.6 Å². The van der Waals surface area contributed by atoms with Crippen LogP contribution >= 0.6 is 0 Å². The second kappa shape index (κ2) is 10.1. The average molecular weight is 418 g/mol. The number of amides is 1. The fourth-order valence-corrected chi connectivity index (χ4v) is 4.39. The van der Waals surface area contributed by atoms with Gasteiger partial charge in [0.1, 0.15) is 0 Å². The molecule has 1 saturated heterocycles. The van der Waals surface area contributed by atoms with Gasteiger partial charge in [-0.1, -0.05) is 66.7 Å². The van der Waals surface area contributed by atoms with Crippen LogP contribution in [0.1, 0.15) is 15.9 Å². The number of fused-ring (bicyclic) bond motifs is 1. The molecule has 0 bridgehead atoms. The highest BCUT2D eigenvalue weighted by Gasteiger charge is 2.24. The van der Waals surface area contributed by atoms with Gasteiger partial charge in [-0.3, -0.25) is 14.6 Å². The van der Waals surface area contributed by atoms with E-state index in [1.54, 1.807) is 0 Å². The number of aliphatic hydroxyl groups is 1. The first-order chi connectivity index (χ1) is 15.1. The topological polar surface area (TPSA) is 47.0 Å². The Hall–Kier alpha value is -2.73. The Bertz CT molecular complexity index is 994. The SMILES string of the molecule is CN(Cc1ccccc1)C[C@H](O)CN1CCN(C(=O)c2cccc3ccccc23)CC1. The summed E-state index contributed by atoms with van der Waals surface area (Å²) < 4.78 is 0. The van der Waals surface area contributed by atoms with Gasteiger partial charge in [-0.05, 0) is 29.4 Å². The van der Waals surface area contributed by atoms with E-state index in [1.165, 1.54) is 5.56 Å². The standard InChI is InChI=1S/C26H31N3O2/c1-27(18-21-8-3-2-4-9-21)19-23(30)20-28-14-16-29(17-15-28)26(31)25-13-7-11-22-10-5-6-12-24(22)25/h2-13,23,30H,14-20H2,1H3/t23-/m0/s1. The first-order valence-corrected chi connectivity index (χ1v) is 11.0. The number of benzene rings is 3.